The summed E-state index contributed by atoms with van der Waals surface area (Å²) in [5.41, 5.74) is 0.480. The Morgan fingerprint density at radius 3 is 2.36 bits per heavy atom. The minimum absolute atomic E-state index is 0.0696. The van der Waals surface area contributed by atoms with Gasteiger partial charge in [0.05, 0.1) is 46.2 Å². The molecular formula is C25H23BrClN3O5S. The number of ether oxygens (including phenoxy) is 2. The Bertz CT molecular complexity index is 1610. The van der Waals surface area contributed by atoms with Gasteiger partial charge in [-0.1, -0.05) is 23.7 Å². The smallest absolute Gasteiger partial charge is 0.266 e. The van der Waals surface area contributed by atoms with Crippen LogP contribution in [0.3, 0.4) is 0 Å². The van der Waals surface area contributed by atoms with Crippen molar-refractivity contribution in [2.24, 2.45) is 0 Å². The zero-order valence-electron chi connectivity index (χ0n) is 19.9. The Balaban J connectivity index is 1.99. The molecule has 1 unspecified atom stereocenters. The van der Waals surface area contributed by atoms with Crippen LogP contribution >= 0.6 is 27.5 Å². The molecule has 36 heavy (non-hydrogen) atoms. The molecule has 1 aromatic heterocycles. The molecule has 0 bridgehead atoms. The van der Waals surface area contributed by atoms with Crippen LogP contribution in [-0.2, 0) is 10.0 Å². The normalized spacial score (nSPS) is 12.6. The lowest BCUT2D eigenvalue weighted by Crippen LogP contribution is -2.35. The Morgan fingerprint density at radius 1 is 1.06 bits per heavy atom. The van der Waals surface area contributed by atoms with Gasteiger partial charge in [0.1, 0.15) is 17.3 Å². The second-order valence-corrected chi connectivity index (χ2v) is 11.2. The van der Waals surface area contributed by atoms with Crippen LogP contribution in [0.15, 0.2) is 74.8 Å². The van der Waals surface area contributed by atoms with E-state index in [1.54, 1.807) is 43.3 Å². The van der Waals surface area contributed by atoms with Crippen molar-refractivity contribution < 1.29 is 17.9 Å². The summed E-state index contributed by atoms with van der Waals surface area (Å²) in [7, 11) is 0.505. The number of aromatic nitrogens is 2. The van der Waals surface area contributed by atoms with Crippen molar-refractivity contribution in [3.05, 3.63) is 86.3 Å². The lowest BCUT2D eigenvalue weighted by atomic mass is 10.2. The van der Waals surface area contributed by atoms with Crippen LogP contribution < -0.4 is 15.0 Å². The van der Waals surface area contributed by atoms with Gasteiger partial charge < -0.3 is 9.47 Å². The van der Waals surface area contributed by atoms with Crippen molar-refractivity contribution in [3.8, 4) is 17.2 Å². The first kappa shape index (κ1) is 26.2. The Hall–Kier alpha value is -2.92. The summed E-state index contributed by atoms with van der Waals surface area (Å²) in [4.78, 5) is 18.6. The van der Waals surface area contributed by atoms with E-state index in [1.807, 2.05) is 0 Å². The van der Waals surface area contributed by atoms with Crippen LogP contribution in [0.5, 0.6) is 11.5 Å². The number of fused-ring (bicyclic) bond motifs is 1. The number of benzene rings is 3. The molecule has 188 valence electrons. The second-order valence-electron chi connectivity index (χ2n) is 7.94. The van der Waals surface area contributed by atoms with Crippen LogP contribution in [0.2, 0.25) is 5.02 Å². The third kappa shape index (κ3) is 4.61. The first-order valence-electron chi connectivity index (χ1n) is 10.8. The van der Waals surface area contributed by atoms with Crippen LogP contribution in [0, 0.1) is 0 Å². The number of halogens is 2. The Morgan fingerprint density at radius 2 is 1.72 bits per heavy atom. The lowest BCUT2D eigenvalue weighted by molar-refractivity contribution is 0.377. The van der Waals surface area contributed by atoms with Crippen molar-refractivity contribution >= 4 is 48.5 Å². The van der Waals surface area contributed by atoms with Crippen molar-refractivity contribution in [1.82, 2.24) is 13.9 Å². The van der Waals surface area contributed by atoms with E-state index in [1.165, 1.54) is 54.4 Å². The van der Waals surface area contributed by atoms with Crippen molar-refractivity contribution in [3.63, 3.8) is 0 Å². The molecule has 0 fully saturated rings. The summed E-state index contributed by atoms with van der Waals surface area (Å²) in [5, 5.41) is 0.803. The van der Waals surface area contributed by atoms with Gasteiger partial charge in [-0.15, -0.1) is 0 Å². The first-order valence-corrected chi connectivity index (χ1v) is 13.4. The minimum Gasteiger partial charge on any atom is -0.497 e. The van der Waals surface area contributed by atoms with E-state index < -0.39 is 16.1 Å². The number of methoxy groups -OCH3 is 2. The van der Waals surface area contributed by atoms with Crippen LogP contribution in [0.1, 0.15) is 18.8 Å². The molecule has 0 aliphatic carbocycles. The molecule has 0 spiro atoms. The Kier molecular flexibility index (Phi) is 7.42. The molecule has 0 saturated carbocycles. The zero-order chi connectivity index (χ0) is 26.2. The van der Waals surface area contributed by atoms with E-state index >= 15 is 0 Å². The summed E-state index contributed by atoms with van der Waals surface area (Å²) in [6.45, 7) is 1.67. The summed E-state index contributed by atoms with van der Waals surface area (Å²) < 4.78 is 40.8. The maximum Gasteiger partial charge on any atom is 0.266 e. The van der Waals surface area contributed by atoms with Gasteiger partial charge >= 0.3 is 0 Å². The molecule has 0 amide bonds. The standard InChI is InChI=1S/C25H23BrClN3O5S/c1-15(29(2)36(32,33)18-11-9-16(27)10-12-18)24-28-20-8-6-5-7-19(20)25(31)30(24)21-13-17(34-3)14-22(35-4)23(21)26/h5-15H,1-4H3. The van der Waals surface area contributed by atoms with Gasteiger partial charge in [0.15, 0.2) is 0 Å². The van der Waals surface area contributed by atoms with E-state index in [0.717, 1.165) is 0 Å². The highest BCUT2D eigenvalue weighted by atomic mass is 79.9. The Labute approximate surface area is 222 Å². The largest absolute Gasteiger partial charge is 0.497 e. The molecule has 1 atom stereocenters. The fourth-order valence-electron chi connectivity index (χ4n) is 3.79. The van der Waals surface area contributed by atoms with Crippen molar-refractivity contribution in [2.75, 3.05) is 21.3 Å². The van der Waals surface area contributed by atoms with Gasteiger partial charge in [0.2, 0.25) is 10.0 Å². The summed E-state index contributed by atoms with van der Waals surface area (Å²) >= 11 is 9.47. The molecule has 0 saturated heterocycles. The monoisotopic (exact) mass is 591 g/mol. The van der Waals surface area contributed by atoms with Crippen LogP contribution in [0.25, 0.3) is 16.6 Å². The van der Waals surface area contributed by atoms with Crippen LogP contribution in [0.4, 0.5) is 0 Å². The SMILES string of the molecule is COc1cc(OC)c(Br)c(-n2c(C(C)N(C)S(=O)(=O)c3ccc(Cl)cc3)nc3ccccc3c2=O)c1. The zero-order valence-corrected chi connectivity index (χ0v) is 23.1. The molecule has 4 aromatic rings. The van der Waals surface area contributed by atoms with E-state index in [-0.39, 0.29) is 16.3 Å². The number of rotatable bonds is 7. The number of para-hydroxylation sites is 1. The predicted octanol–water partition coefficient (Wildman–Crippen LogP) is 5.20. The highest BCUT2D eigenvalue weighted by Gasteiger charge is 2.31. The quantitative estimate of drug-likeness (QED) is 0.293. The molecule has 11 heteroatoms. The summed E-state index contributed by atoms with van der Waals surface area (Å²) in [6.07, 6.45) is 0. The van der Waals surface area contributed by atoms with E-state index in [9.17, 15) is 13.2 Å². The average molecular weight is 593 g/mol. The maximum absolute atomic E-state index is 13.8. The fourth-order valence-corrected chi connectivity index (χ4v) is 5.81. The third-order valence-electron chi connectivity index (χ3n) is 5.90. The van der Waals surface area contributed by atoms with Gasteiger partial charge in [-0.05, 0) is 59.3 Å². The summed E-state index contributed by atoms with van der Waals surface area (Å²) in [5.74, 6) is 1.10. The average Bonchev–Trinajstić information content (AvgIpc) is 2.88. The fraction of sp³-hybridized carbons (Fsp3) is 0.200. The van der Waals surface area contributed by atoms with Gasteiger partial charge in [-0.25, -0.2) is 13.4 Å². The molecule has 1 heterocycles. The van der Waals surface area contributed by atoms with Crippen LogP contribution in [-0.4, -0.2) is 43.5 Å². The van der Waals surface area contributed by atoms with Gasteiger partial charge in [0, 0.05) is 24.2 Å². The molecule has 0 aliphatic heterocycles. The number of sulfonamides is 1. The summed E-state index contributed by atoms with van der Waals surface area (Å²) in [6, 6.07) is 15.3. The van der Waals surface area contributed by atoms with E-state index in [4.69, 9.17) is 26.1 Å². The third-order valence-corrected chi connectivity index (χ3v) is 8.89. The molecule has 0 N–H and O–H groups in total. The molecule has 0 aliphatic rings. The van der Waals surface area contributed by atoms with Gasteiger partial charge in [-0.3, -0.25) is 9.36 Å². The van der Waals surface area contributed by atoms with Gasteiger partial charge in [0.25, 0.3) is 5.56 Å². The molecule has 4 rings (SSSR count). The van der Waals surface area contributed by atoms with Crippen molar-refractivity contribution in [1.29, 1.82) is 0 Å². The minimum atomic E-state index is -3.95. The molecular weight excluding hydrogens is 570 g/mol. The van der Waals surface area contributed by atoms with E-state index in [0.29, 0.717) is 37.6 Å². The van der Waals surface area contributed by atoms with E-state index in [2.05, 4.69) is 15.9 Å². The van der Waals surface area contributed by atoms with Crippen molar-refractivity contribution in [2.45, 2.75) is 17.9 Å². The lowest BCUT2D eigenvalue weighted by Gasteiger charge is -2.27. The molecule has 8 nitrogen and oxygen atoms in total. The maximum atomic E-state index is 13.8. The van der Waals surface area contributed by atoms with Gasteiger partial charge in [-0.2, -0.15) is 4.31 Å². The molecule has 0 radical (unpaired) electrons. The number of hydrogen-bond donors (Lipinski definition) is 0. The highest BCUT2D eigenvalue weighted by Crippen LogP contribution is 2.37. The second kappa shape index (κ2) is 10.2. The first-order chi connectivity index (χ1) is 17.1. The number of nitrogens with zero attached hydrogens (tertiary/aromatic N) is 3. The highest BCUT2D eigenvalue weighted by molar-refractivity contribution is 9.10. The topological polar surface area (TPSA) is 90.7 Å². The molecule has 3 aromatic carbocycles. The predicted molar refractivity (Wildman–Crippen MR) is 143 cm³/mol. The number of hydrogen-bond acceptors (Lipinski definition) is 6.